The largest absolute Gasteiger partial charge is 0.452 e. The maximum atomic E-state index is 12.0. The normalized spacial score (nSPS) is 10.1. The fraction of sp³-hybridized carbons (Fsp3) is 0.222. The maximum Gasteiger partial charge on any atom is 0.338 e. The van der Waals surface area contributed by atoms with Gasteiger partial charge in [-0.2, -0.15) is 0 Å². The summed E-state index contributed by atoms with van der Waals surface area (Å²) in [4.78, 5) is 23.7. The third-order valence-corrected chi connectivity index (χ3v) is 3.49. The van der Waals surface area contributed by atoms with Crippen molar-refractivity contribution in [2.75, 3.05) is 6.61 Å². The van der Waals surface area contributed by atoms with E-state index in [4.69, 9.17) is 4.74 Å². The van der Waals surface area contributed by atoms with Crippen LogP contribution in [-0.2, 0) is 16.1 Å². The molecule has 0 fully saturated rings. The van der Waals surface area contributed by atoms with E-state index < -0.39 is 5.97 Å². The number of rotatable bonds is 5. The van der Waals surface area contributed by atoms with Crippen LogP contribution in [0.3, 0.4) is 0 Å². The lowest BCUT2D eigenvalue weighted by molar-refractivity contribution is -0.124. The highest BCUT2D eigenvalue weighted by Gasteiger charge is 2.13. The number of hydrogen-bond acceptors (Lipinski definition) is 3. The molecule has 1 N–H and O–H groups in total. The molecule has 0 aromatic heterocycles. The summed E-state index contributed by atoms with van der Waals surface area (Å²) in [6.07, 6.45) is 0. The molecule has 0 saturated heterocycles. The van der Waals surface area contributed by atoms with Crippen molar-refractivity contribution in [3.8, 4) is 0 Å². The molecular weight excluding hydrogens is 278 g/mol. The number of hydrogen-bond donors (Lipinski definition) is 1. The van der Waals surface area contributed by atoms with E-state index in [9.17, 15) is 9.59 Å². The minimum atomic E-state index is -0.476. The molecule has 0 heterocycles. The minimum absolute atomic E-state index is 0.279. The van der Waals surface area contributed by atoms with Gasteiger partial charge in [0.2, 0.25) is 0 Å². The van der Waals surface area contributed by atoms with Gasteiger partial charge in [0.25, 0.3) is 5.91 Å². The van der Waals surface area contributed by atoms with E-state index in [1.165, 1.54) is 0 Å². The molecular formula is C18H19NO3. The minimum Gasteiger partial charge on any atom is -0.452 e. The molecule has 4 nitrogen and oxygen atoms in total. The molecule has 114 valence electrons. The van der Waals surface area contributed by atoms with Gasteiger partial charge in [0.1, 0.15) is 0 Å². The lowest BCUT2D eigenvalue weighted by atomic mass is 10.0. The van der Waals surface area contributed by atoms with Gasteiger partial charge in [-0.15, -0.1) is 0 Å². The average Bonchev–Trinajstić information content (AvgIpc) is 2.54. The van der Waals surface area contributed by atoms with E-state index in [1.54, 1.807) is 12.1 Å². The molecule has 22 heavy (non-hydrogen) atoms. The molecule has 0 radical (unpaired) electrons. The van der Waals surface area contributed by atoms with Crippen LogP contribution in [0.2, 0.25) is 0 Å². The summed E-state index contributed by atoms with van der Waals surface area (Å²) in [5, 5.41) is 2.72. The fourth-order valence-electron chi connectivity index (χ4n) is 2.03. The van der Waals surface area contributed by atoms with Crippen LogP contribution in [0.1, 0.15) is 27.0 Å². The predicted octanol–water partition coefficient (Wildman–Crippen LogP) is 2.78. The van der Waals surface area contributed by atoms with E-state index >= 15 is 0 Å². The fourth-order valence-corrected chi connectivity index (χ4v) is 2.03. The van der Waals surface area contributed by atoms with Crippen LogP contribution in [0.25, 0.3) is 0 Å². The predicted molar refractivity (Wildman–Crippen MR) is 84.5 cm³/mol. The Morgan fingerprint density at radius 2 is 1.73 bits per heavy atom. The summed E-state index contributed by atoms with van der Waals surface area (Å²) in [7, 11) is 0. The molecule has 0 spiro atoms. The van der Waals surface area contributed by atoms with Crippen LogP contribution in [0.5, 0.6) is 0 Å². The first-order chi connectivity index (χ1) is 10.6. The van der Waals surface area contributed by atoms with Gasteiger partial charge in [-0.1, -0.05) is 42.5 Å². The highest BCUT2D eigenvalue weighted by Crippen LogP contribution is 2.13. The molecule has 2 rings (SSSR count). The van der Waals surface area contributed by atoms with Crippen molar-refractivity contribution in [3.63, 3.8) is 0 Å². The zero-order valence-corrected chi connectivity index (χ0v) is 12.8. The number of amides is 1. The molecule has 0 atom stereocenters. The summed E-state index contributed by atoms with van der Waals surface area (Å²) in [6.45, 7) is 3.93. The van der Waals surface area contributed by atoms with Gasteiger partial charge in [0, 0.05) is 6.54 Å². The van der Waals surface area contributed by atoms with Gasteiger partial charge in [0.15, 0.2) is 6.61 Å². The Morgan fingerprint density at radius 3 is 2.45 bits per heavy atom. The summed E-state index contributed by atoms with van der Waals surface area (Å²) < 4.78 is 5.06. The molecule has 4 heteroatoms. The third-order valence-electron chi connectivity index (χ3n) is 3.49. The average molecular weight is 297 g/mol. The quantitative estimate of drug-likeness (QED) is 0.863. The van der Waals surface area contributed by atoms with Gasteiger partial charge in [-0.25, -0.2) is 4.79 Å². The van der Waals surface area contributed by atoms with E-state index in [2.05, 4.69) is 5.32 Å². The molecule has 0 saturated carbocycles. The number of benzene rings is 2. The SMILES string of the molecule is Cc1cccc(C(=O)OCC(=O)NCc2ccccc2)c1C. The Balaban J connectivity index is 1.83. The number of carbonyl (C=O) groups is 2. The summed E-state index contributed by atoms with van der Waals surface area (Å²) >= 11 is 0. The van der Waals surface area contributed by atoms with Gasteiger partial charge in [-0.05, 0) is 36.6 Å². The molecule has 2 aromatic carbocycles. The van der Waals surface area contributed by atoms with Crippen molar-refractivity contribution in [1.82, 2.24) is 5.32 Å². The van der Waals surface area contributed by atoms with Crippen LogP contribution in [-0.4, -0.2) is 18.5 Å². The lowest BCUT2D eigenvalue weighted by Gasteiger charge is -2.09. The second-order valence-electron chi connectivity index (χ2n) is 5.09. The molecule has 0 aliphatic carbocycles. The van der Waals surface area contributed by atoms with Crippen LogP contribution in [0, 0.1) is 13.8 Å². The summed E-state index contributed by atoms with van der Waals surface area (Å²) in [6, 6.07) is 15.0. The number of nitrogens with one attached hydrogen (secondary N) is 1. The Morgan fingerprint density at radius 1 is 1.00 bits per heavy atom. The Labute approximate surface area is 130 Å². The first kappa shape index (κ1) is 15.8. The molecule has 0 unspecified atom stereocenters. The maximum absolute atomic E-state index is 12.0. The lowest BCUT2D eigenvalue weighted by Crippen LogP contribution is -2.28. The topological polar surface area (TPSA) is 55.4 Å². The standard InChI is InChI=1S/C18H19NO3/c1-13-7-6-10-16(14(13)2)18(21)22-12-17(20)19-11-15-8-4-3-5-9-15/h3-10H,11-12H2,1-2H3,(H,19,20). The Bertz CT molecular complexity index is 665. The highest BCUT2D eigenvalue weighted by atomic mass is 16.5. The monoisotopic (exact) mass is 297 g/mol. The number of carbonyl (C=O) groups excluding carboxylic acids is 2. The highest BCUT2D eigenvalue weighted by molar-refractivity contribution is 5.93. The first-order valence-electron chi connectivity index (χ1n) is 7.12. The van der Waals surface area contributed by atoms with Crippen molar-refractivity contribution < 1.29 is 14.3 Å². The second-order valence-corrected chi connectivity index (χ2v) is 5.09. The summed E-state index contributed by atoms with van der Waals surface area (Å²) in [5.41, 5.74) is 3.38. The van der Waals surface area contributed by atoms with Gasteiger partial charge in [0.05, 0.1) is 5.56 Å². The van der Waals surface area contributed by atoms with Gasteiger partial charge in [-0.3, -0.25) is 4.79 Å². The molecule has 0 aliphatic rings. The third kappa shape index (κ3) is 4.19. The van der Waals surface area contributed by atoms with E-state index in [0.29, 0.717) is 12.1 Å². The smallest absolute Gasteiger partial charge is 0.338 e. The zero-order valence-electron chi connectivity index (χ0n) is 12.8. The Kier molecular flexibility index (Phi) is 5.31. The van der Waals surface area contributed by atoms with Crippen molar-refractivity contribution in [3.05, 3.63) is 70.8 Å². The van der Waals surface area contributed by atoms with Crippen LogP contribution in [0.4, 0.5) is 0 Å². The van der Waals surface area contributed by atoms with Gasteiger partial charge < -0.3 is 10.1 Å². The number of esters is 1. The summed E-state index contributed by atoms with van der Waals surface area (Å²) in [5.74, 6) is -0.793. The van der Waals surface area contributed by atoms with Crippen molar-refractivity contribution in [2.24, 2.45) is 0 Å². The van der Waals surface area contributed by atoms with E-state index in [1.807, 2.05) is 50.2 Å². The van der Waals surface area contributed by atoms with Crippen LogP contribution >= 0.6 is 0 Å². The van der Waals surface area contributed by atoms with E-state index in [-0.39, 0.29) is 12.5 Å². The molecule has 2 aromatic rings. The zero-order chi connectivity index (χ0) is 15.9. The molecule has 0 aliphatic heterocycles. The van der Waals surface area contributed by atoms with Gasteiger partial charge >= 0.3 is 5.97 Å². The van der Waals surface area contributed by atoms with Crippen LogP contribution in [0.15, 0.2) is 48.5 Å². The van der Waals surface area contributed by atoms with Crippen molar-refractivity contribution >= 4 is 11.9 Å². The Hall–Kier alpha value is -2.62. The van der Waals surface area contributed by atoms with Crippen LogP contribution < -0.4 is 5.32 Å². The number of aryl methyl sites for hydroxylation is 1. The molecule has 1 amide bonds. The number of ether oxygens (including phenoxy) is 1. The second kappa shape index (κ2) is 7.41. The molecule has 0 bridgehead atoms. The first-order valence-corrected chi connectivity index (χ1v) is 7.12. The van der Waals surface area contributed by atoms with Crippen molar-refractivity contribution in [1.29, 1.82) is 0 Å². The van der Waals surface area contributed by atoms with Crippen molar-refractivity contribution in [2.45, 2.75) is 20.4 Å². The van der Waals surface area contributed by atoms with E-state index in [0.717, 1.165) is 16.7 Å².